The van der Waals surface area contributed by atoms with E-state index < -0.39 is 0 Å². The number of aryl methyl sites for hydroxylation is 2. The molecule has 2 aromatic carbocycles. The second-order valence-corrected chi connectivity index (χ2v) is 8.02. The van der Waals surface area contributed by atoms with Crippen molar-refractivity contribution in [2.75, 3.05) is 0 Å². The normalized spacial score (nSPS) is 17.5. The maximum atomic E-state index is 12.9. The zero-order valence-corrected chi connectivity index (χ0v) is 16.7. The highest BCUT2D eigenvalue weighted by Crippen LogP contribution is 2.39. The van der Waals surface area contributed by atoms with Crippen LogP contribution in [0.25, 0.3) is 5.69 Å². The van der Waals surface area contributed by atoms with Gasteiger partial charge in [-0.15, -0.1) is 0 Å². The van der Waals surface area contributed by atoms with Gasteiger partial charge in [-0.25, -0.2) is 4.68 Å². The predicted molar refractivity (Wildman–Crippen MR) is 109 cm³/mol. The lowest BCUT2D eigenvalue weighted by molar-refractivity contribution is 0.0619. The molecular weight excluding hydrogens is 350 g/mol. The van der Waals surface area contributed by atoms with Crippen LogP contribution in [0.5, 0.6) is 5.75 Å². The number of benzene rings is 2. The van der Waals surface area contributed by atoms with Crippen LogP contribution in [0.3, 0.4) is 0 Å². The predicted octanol–water partition coefficient (Wildman–Crippen LogP) is 4.52. The van der Waals surface area contributed by atoms with Crippen LogP contribution < -0.4 is 10.1 Å². The average molecular weight is 375 g/mol. The van der Waals surface area contributed by atoms with Crippen LogP contribution in [0.1, 0.15) is 53.6 Å². The summed E-state index contributed by atoms with van der Waals surface area (Å²) in [6.07, 6.45) is 0.722. The van der Waals surface area contributed by atoms with Crippen molar-refractivity contribution in [3.05, 3.63) is 77.1 Å². The van der Waals surface area contributed by atoms with Crippen molar-refractivity contribution in [3.63, 3.8) is 0 Å². The monoisotopic (exact) mass is 375 g/mol. The van der Waals surface area contributed by atoms with Gasteiger partial charge in [-0.3, -0.25) is 4.79 Å². The first kappa shape index (κ1) is 18.3. The van der Waals surface area contributed by atoms with Crippen molar-refractivity contribution >= 4 is 5.91 Å². The molecule has 0 fully saturated rings. The van der Waals surface area contributed by atoms with E-state index in [0.29, 0.717) is 5.56 Å². The van der Waals surface area contributed by atoms with E-state index in [0.717, 1.165) is 34.8 Å². The van der Waals surface area contributed by atoms with E-state index in [1.54, 1.807) is 0 Å². The first-order valence-electron chi connectivity index (χ1n) is 9.55. The average Bonchev–Trinajstić information content (AvgIpc) is 2.99. The quantitative estimate of drug-likeness (QED) is 0.732. The fraction of sp³-hybridized carbons (Fsp3) is 0.304. The lowest BCUT2D eigenvalue weighted by atomic mass is 9.89. The third kappa shape index (κ3) is 3.52. The molecule has 5 nitrogen and oxygen atoms in total. The second-order valence-electron chi connectivity index (χ2n) is 8.02. The molecular formula is C23H25N3O2. The summed E-state index contributed by atoms with van der Waals surface area (Å²) < 4.78 is 7.94. The first-order chi connectivity index (χ1) is 13.3. The van der Waals surface area contributed by atoms with Crippen molar-refractivity contribution in [2.24, 2.45) is 0 Å². The molecule has 0 spiro atoms. The van der Waals surface area contributed by atoms with E-state index in [4.69, 9.17) is 4.74 Å². The number of para-hydroxylation sites is 1. The fourth-order valence-corrected chi connectivity index (χ4v) is 3.82. The minimum absolute atomic E-state index is 0.0804. The molecule has 1 unspecified atom stereocenters. The summed E-state index contributed by atoms with van der Waals surface area (Å²) in [5.74, 6) is 0.751. The Morgan fingerprint density at radius 1 is 1.14 bits per heavy atom. The molecule has 5 heteroatoms. The number of carbonyl (C=O) groups excluding carboxylic acids is 1. The molecule has 3 aromatic rings. The van der Waals surface area contributed by atoms with Crippen LogP contribution in [0.2, 0.25) is 0 Å². The molecule has 1 aromatic heterocycles. The van der Waals surface area contributed by atoms with Crippen molar-refractivity contribution in [1.82, 2.24) is 15.1 Å². The molecule has 144 valence electrons. The SMILES string of the molecule is Cc1cc(C)n(-c2ccc(C(=O)NC3CC(C)(C)Oc4ccccc43)cc2)n1. The summed E-state index contributed by atoms with van der Waals surface area (Å²) in [4.78, 5) is 12.9. The number of rotatable bonds is 3. The van der Waals surface area contributed by atoms with Gasteiger partial charge in [-0.2, -0.15) is 5.10 Å². The highest BCUT2D eigenvalue weighted by molar-refractivity contribution is 5.94. The number of carbonyl (C=O) groups is 1. The van der Waals surface area contributed by atoms with Crippen LogP contribution in [0.15, 0.2) is 54.6 Å². The third-order valence-corrected chi connectivity index (χ3v) is 5.07. The van der Waals surface area contributed by atoms with Gasteiger partial charge in [-0.1, -0.05) is 18.2 Å². The van der Waals surface area contributed by atoms with E-state index in [1.807, 2.05) is 87.0 Å². The van der Waals surface area contributed by atoms with E-state index in [-0.39, 0.29) is 17.6 Å². The largest absolute Gasteiger partial charge is 0.487 e. The third-order valence-electron chi connectivity index (χ3n) is 5.07. The summed E-state index contributed by atoms with van der Waals surface area (Å²) in [5, 5.41) is 7.67. The Kier molecular flexibility index (Phi) is 4.46. The zero-order valence-electron chi connectivity index (χ0n) is 16.7. The summed E-state index contributed by atoms with van der Waals surface area (Å²) in [5.41, 5.74) is 4.31. The molecule has 0 saturated carbocycles. The van der Waals surface area contributed by atoms with E-state index in [1.165, 1.54) is 0 Å². The maximum absolute atomic E-state index is 12.9. The van der Waals surface area contributed by atoms with Crippen molar-refractivity contribution in [2.45, 2.75) is 45.8 Å². The van der Waals surface area contributed by atoms with Gasteiger partial charge in [0.05, 0.1) is 17.4 Å². The minimum Gasteiger partial charge on any atom is -0.487 e. The summed E-state index contributed by atoms with van der Waals surface area (Å²) >= 11 is 0. The molecule has 0 saturated heterocycles. The Bertz CT molecular complexity index is 1020. The summed E-state index contributed by atoms with van der Waals surface area (Å²) in [6, 6.07) is 17.4. The van der Waals surface area contributed by atoms with E-state index in [9.17, 15) is 4.79 Å². The molecule has 1 amide bonds. The number of nitrogens with one attached hydrogen (secondary N) is 1. The standard InChI is InChI=1S/C23H25N3O2/c1-15-13-16(2)26(25-15)18-11-9-17(10-12-18)22(27)24-20-14-23(3,4)28-21-8-6-5-7-19(20)21/h5-13,20H,14H2,1-4H3,(H,24,27). The number of nitrogens with zero attached hydrogens (tertiary/aromatic N) is 2. The maximum Gasteiger partial charge on any atom is 0.251 e. The number of hydrogen-bond acceptors (Lipinski definition) is 3. The topological polar surface area (TPSA) is 56.2 Å². The minimum atomic E-state index is -0.328. The number of fused-ring (bicyclic) bond motifs is 1. The van der Waals surface area contributed by atoms with Gasteiger partial charge in [0.1, 0.15) is 11.4 Å². The Morgan fingerprint density at radius 2 is 1.86 bits per heavy atom. The molecule has 4 rings (SSSR count). The zero-order chi connectivity index (χ0) is 19.9. The number of hydrogen-bond donors (Lipinski definition) is 1. The van der Waals surface area contributed by atoms with Crippen molar-refractivity contribution < 1.29 is 9.53 Å². The Labute approximate surface area is 165 Å². The molecule has 0 bridgehead atoms. The van der Waals surface area contributed by atoms with E-state index >= 15 is 0 Å². The van der Waals surface area contributed by atoms with Crippen molar-refractivity contribution in [1.29, 1.82) is 0 Å². The molecule has 1 aliphatic rings. The molecule has 1 atom stereocenters. The molecule has 1 N–H and O–H groups in total. The van der Waals surface area contributed by atoms with Gasteiger partial charge in [0.25, 0.3) is 5.91 Å². The van der Waals surface area contributed by atoms with Gasteiger partial charge in [-0.05, 0) is 64.1 Å². The fourth-order valence-electron chi connectivity index (χ4n) is 3.82. The Morgan fingerprint density at radius 3 is 2.54 bits per heavy atom. The highest BCUT2D eigenvalue weighted by Gasteiger charge is 2.34. The van der Waals surface area contributed by atoms with Crippen LogP contribution in [0.4, 0.5) is 0 Å². The molecule has 0 aliphatic carbocycles. The Balaban J connectivity index is 1.55. The highest BCUT2D eigenvalue weighted by atomic mass is 16.5. The smallest absolute Gasteiger partial charge is 0.251 e. The summed E-state index contributed by atoms with van der Waals surface area (Å²) in [7, 11) is 0. The second kappa shape index (κ2) is 6.82. The van der Waals surface area contributed by atoms with Gasteiger partial charge in [0.15, 0.2) is 0 Å². The van der Waals surface area contributed by atoms with E-state index in [2.05, 4.69) is 10.4 Å². The number of amides is 1. The van der Waals surface area contributed by atoms with Crippen LogP contribution >= 0.6 is 0 Å². The van der Waals surface area contributed by atoms with Crippen LogP contribution in [-0.2, 0) is 0 Å². The molecule has 1 aliphatic heterocycles. The lowest BCUT2D eigenvalue weighted by Crippen LogP contribution is -2.41. The van der Waals surface area contributed by atoms with Crippen LogP contribution in [-0.4, -0.2) is 21.3 Å². The molecule has 2 heterocycles. The van der Waals surface area contributed by atoms with Crippen LogP contribution in [0, 0.1) is 13.8 Å². The molecule has 0 radical (unpaired) electrons. The number of aromatic nitrogens is 2. The van der Waals surface area contributed by atoms with Gasteiger partial charge >= 0.3 is 0 Å². The van der Waals surface area contributed by atoms with Crippen molar-refractivity contribution in [3.8, 4) is 11.4 Å². The Hall–Kier alpha value is -3.08. The molecule has 28 heavy (non-hydrogen) atoms. The first-order valence-corrected chi connectivity index (χ1v) is 9.55. The summed E-state index contributed by atoms with van der Waals surface area (Å²) in [6.45, 7) is 8.08. The lowest BCUT2D eigenvalue weighted by Gasteiger charge is -2.37. The van der Waals surface area contributed by atoms with Gasteiger partial charge in [0, 0.05) is 23.2 Å². The van der Waals surface area contributed by atoms with Gasteiger partial charge in [0.2, 0.25) is 0 Å². The van der Waals surface area contributed by atoms with Gasteiger partial charge < -0.3 is 10.1 Å². The number of ether oxygens (including phenoxy) is 1.